The lowest BCUT2D eigenvalue weighted by atomic mass is 10.2. The highest BCUT2D eigenvalue weighted by molar-refractivity contribution is 5.76. The molecule has 1 aromatic rings. The molecular weight excluding hydrogens is 250 g/mol. The second kappa shape index (κ2) is 8.80. The van der Waals surface area contributed by atoms with Gasteiger partial charge in [-0.05, 0) is 44.9 Å². The number of nitrogens with zero attached hydrogens (tertiary/aromatic N) is 1. The van der Waals surface area contributed by atoms with Gasteiger partial charge in [-0.15, -0.1) is 0 Å². The SMILES string of the molecule is CCCNC(C)c1cccn1CC(=O)NC(CC)CC. The Morgan fingerprint density at radius 3 is 2.60 bits per heavy atom. The molecule has 4 nitrogen and oxygen atoms in total. The predicted octanol–water partition coefficient (Wildman–Crippen LogP) is 2.85. The molecule has 1 rings (SSSR count). The van der Waals surface area contributed by atoms with Crippen molar-refractivity contribution >= 4 is 5.91 Å². The van der Waals surface area contributed by atoms with Crippen LogP contribution < -0.4 is 10.6 Å². The van der Waals surface area contributed by atoms with Gasteiger partial charge in [-0.3, -0.25) is 4.79 Å². The van der Waals surface area contributed by atoms with Gasteiger partial charge >= 0.3 is 0 Å². The molecule has 20 heavy (non-hydrogen) atoms. The monoisotopic (exact) mass is 279 g/mol. The van der Waals surface area contributed by atoms with Crippen LogP contribution in [0.3, 0.4) is 0 Å². The van der Waals surface area contributed by atoms with Crippen molar-refractivity contribution in [3.63, 3.8) is 0 Å². The average molecular weight is 279 g/mol. The van der Waals surface area contributed by atoms with Crippen LogP contribution in [0.4, 0.5) is 0 Å². The Hall–Kier alpha value is -1.29. The first kappa shape index (κ1) is 16.8. The fourth-order valence-electron chi connectivity index (χ4n) is 2.35. The van der Waals surface area contributed by atoms with Crippen molar-refractivity contribution in [1.82, 2.24) is 15.2 Å². The second-order valence-corrected chi connectivity index (χ2v) is 5.32. The van der Waals surface area contributed by atoms with Crippen LogP contribution in [0.5, 0.6) is 0 Å². The summed E-state index contributed by atoms with van der Waals surface area (Å²) in [6.07, 6.45) is 5.05. The molecule has 114 valence electrons. The van der Waals surface area contributed by atoms with E-state index in [1.54, 1.807) is 0 Å². The summed E-state index contributed by atoms with van der Waals surface area (Å²) in [5.41, 5.74) is 1.16. The van der Waals surface area contributed by atoms with Gasteiger partial charge in [0, 0.05) is 24.0 Å². The summed E-state index contributed by atoms with van der Waals surface area (Å²) >= 11 is 0. The van der Waals surface area contributed by atoms with Crippen LogP contribution in [0.2, 0.25) is 0 Å². The number of amides is 1. The molecule has 1 aromatic heterocycles. The minimum Gasteiger partial charge on any atom is -0.352 e. The number of aromatic nitrogens is 1. The number of carbonyl (C=O) groups is 1. The van der Waals surface area contributed by atoms with Gasteiger partial charge in [0.2, 0.25) is 5.91 Å². The Labute approximate surface area is 122 Å². The van der Waals surface area contributed by atoms with E-state index in [4.69, 9.17) is 0 Å². The van der Waals surface area contributed by atoms with Gasteiger partial charge < -0.3 is 15.2 Å². The minimum absolute atomic E-state index is 0.0961. The number of hydrogen-bond donors (Lipinski definition) is 2. The van der Waals surface area contributed by atoms with Crippen molar-refractivity contribution < 1.29 is 4.79 Å². The summed E-state index contributed by atoms with van der Waals surface area (Å²) in [7, 11) is 0. The Balaban J connectivity index is 2.60. The van der Waals surface area contributed by atoms with Crippen LogP contribution in [0.15, 0.2) is 18.3 Å². The maximum atomic E-state index is 12.1. The van der Waals surface area contributed by atoms with E-state index in [-0.39, 0.29) is 18.0 Å². The first-order chi connectivity index (χ1) is 9.62. The normalized spacial score (nSPS) is 12.7. The molecule has 0 fully saturated rings. The van der Waals surface area contributed by atoms with Gasteiger partial charge in [-0.25, -0.2) is 0 Å². The Bertz CT molecular complexity index is 396. The molecule has 2 N–H and O–H groups in total. The van der Waals surface area contributed by atoms with Gasteiger partial charge in [0.1, 0.15) is 6.54 Å². The van der Waals surface area contributed by atoms with Crippen LogP contribution in [0.1, 0.15) is 58.7 Å². The molecule has 1 amide bonds. The van der Waals surface area contributed by atoms with Crippen molar-refractivity contribution in [1.29, 1.82) is 0 Å². The second-order valence-electron chi connectivity index (χ2n) is 5.32. The van der Waals surface area contributed by atoms with Gasteiger partial charge in [0.15, 0.2) is 0 Å². The molecule has 0 saturated heterocycles. The highest BCUT2D eigenvalue weighted by atomic mass is 16.2. The van der Waals surface area contributed by atoms with E-state index in [0.717, 1.165) is 31.5 Å². The third-order valence-electron chi connectivity index (χ3n) is 3.67. The number of rotatable bonds is 9. The van der Waals surface area contributed by atoms with E-state index < -0.39 is 0 Å². The third kappa shape index (κ3) is 5.00. The van der Waals surface area contributed by atoms with Crippen molar-refractivity contribution in [2.45, 2.75) is 65.6 Å². The zero-order valence-corrected chi connectivity index (χ0v) is 13.3. The molecule has 1 unspecified atom stereocenters. The Morgan fingerprint density at radius 2 is 2.00 bits per heavy atom. The van der Waals surface area contributed by atoms with Gasteiger partial charge in [-0.2, -0.15) is 0 Å². The van der Waals surface area contributed by atoms with Crippen molar-refractivity contribution in [2.24, 2.45) is 0 Å². The van der Waals surface area contributed by atoms with Crippen molar-refractivity contribution in [2.75, 3.05) is 6.54 Å². The molecule has 0 saturated carbocycles. The average Bonchev–Trinajstić information content (AvgIpc) is 2.90. The van der Waals surface area contributed by atoms with E-state index >= 15 is 0 Å². The van der Waals surface area contributed by atoms with Gasteiger partial charge in [0.25, 0.3) is 0 Å². The topological polar surface area (TPSA) is 46.1 Å². The molecular formula is C16H29N3O. The van der Waals surface area contributed by atoms with Crippen LogP contribution in [-0.2, 0) is 11.3 Å². The van der Waals surface area contributed by atoms with Gasteiger partial charge in [0.05, 0.1) is 0 Å². The standard InChI is InChI=1S/C16H29N3O/c1-5-10-17-13(4)15-9-8-11-19(15)12-16(20)18-14(6-2)7-3/h8-9,11,13-14,17H,5-7,10,12H2,1-4H3,(H,18,20). The number of carbonyl (C=O) groups excluding carboxylic acids is 1. The van der Waals surface area contributed by atoms with Crippen molar-refractivity contribution in [3.05, 3.63) is 24.0 Å². The Kier molecular flexibility index (Phi) is 7.37. The third-order valence-corrected chi connectivity index (χ3v) is 3.67. The van der Waals surface area contributed by atoms with Crippen molar-refractivity contribution in [3.8, 4) is 0 Å². The quantitative estimate of drug-likeness (QED) is 0.730. The fourth-order valence-corrected chi connectivity index (χ4v) is 2.35. The van der Waals surface area contributed by atoms with Crippen LogP contribution in [0.25, 0.3) is 0 Å². The van der Waals surface area contributed by atoms with E-state index in [0.29, 0.717) is 6.54 Å². The maximum absolute atomic E-state index is 12.1. The smallest absolute Gasteiger partial charge is 0.240 e. The first-order valence-electron chi connectivity index (χ1n) is 7.80. The summed E-state index contributed by atoms with van der Waals surface area (Å²) in [5, 5.41) is 6.54. The van der Waals surface area contributed by atoms with Crippen LogP contribution in [-0.4, -0.2) is 23.1 Å². The zero-order valence-electron chi connectivity index (χ0n) is 13.3. The molecule has 0 bridgehead atoms. The molecule has 1 heterocycles. The lowest BCUT2D eigenvalue weighted by molar-refractivity contribution is -0.122. The number of nitrogens with one attached hydrogen (secondary N) is 2. The lowest BCUT2D eigenvalue weighted by Crippen LogP contribution is -2.36. The highest BCUT2D eigenvalue weighted by Gasteiger charge is 2.13. The number of hydrogen-bond acceptors (Lipinski definition) is 2. The molecule has 0 aromatic carbocycles. The molecule has 0 aliphatic carbocycles. The molecule has 0 radical (unpaired) electrons. The lowest BCUT2D eigenvalue weighted by Gasteiger charge is -2.19. The van der Waals surface area contributed by atoms with Gasteiger partial charge in [-0.1, -0.05) is 20.8 Å². The van der Waals surface area contributed by atoms with Crippen LogP contribution >= 0.6 is 0 Å². The summed E-state index contributed by atoms with van der Waals surface area (Å²) < 4.78 is 2.03. The highest BCUT2D eigenvalue weighted by Crippen LogP contribution is 2.13. The molecule has 4 heteroatoms. The predicted molar refractivity (Wildman–Crippen MR) is 83.7 cm³/mol. The summed E-state index contributed by atoms with van der Waals surface area (Å²) in [6, 6.07) is 4.64. The Morgan fingerprint density at radius 1 is 1.30 bits per heavy atom. The maximum Gasteiger partial charge on any atom is 0.240 e. The molecule has 0 spiro atoms. The van der Waals surface area contributed by atoms with Crippen LogP contribution in [0, 0.1) is 0 Å². The summed E-state index contributed by atoms with van der Waals surface area (Å²) in [4.78, 5) is 12.1. The largest absolute Gasteiger partial charge is 0.352 e. The minimum atomic E-state index is 0.0961. The first-order valence-corrected chi connectivity index (χ1v) is 7.80. The molecule has 1 atom stereocenters. The molecule has 0 aliphatic heterocycles. The summed E-state index contributed by atoms with van der Waals surface area (Å²) in [6.45, 7) is 9.89. The fraction of sp³-hybridized carbons (Fsp3) is 0.688. The molecule has 0 aliphatic rings. The van der Waals surface area contributed by atoms with E-state index in [1.165, 1.54) is 0 Å². The van der Waals surface area contributed by atoms with E-state index in [1.807, 2.05) is 16.8 Å². The van der Waals surface area contributed by atoms with E-state index in [9.17, 15) is 4.79 Å². The zero-order chi connectivity index (χ0) is 15.0. The van der Waals surface area contributed by atoms with E-state index in [2.05, 4.69) is 44.4 Å². The summed E-state index contributed by atoms with van der Waals surface area (Å²) in [5.74, 6) is 0.0961.